The summed E-state index contributed by atoms with van der Waals surface area (Å²) in [6, 6.07) is 14.0. The zero-order chi connectivity index (χ0) is 13.9. The van der Waals surface area contributed by atoms with E-state index in [4.69, 9.17) is 10.5 Å². The standard InChI is InChI=1S/C16H16N2OS/c1-19-12-7-8-14-15(10-12)20-16(18-14)9-6-11-4-2-3-5-13(11)17/h2-5,7-8,10H,6,9,17H2,1H3. The van der Waals surface area contributed by atoms with E-state index in [1.54, 1.807) is 18.4 Å². The third-order valence-corrected chi connectivity index (χ3v) is 4.38. The van der Waals surface area contributed by atoms with E-state index in [-0.39, 0.29) is 0 Å². The Kier molecular flexibility index (Phi) is 3.56. The van der Waals surface area contributed by atoms with Gasteiger partial charge in [0.15, 0.2) is 0 Å². The lowest BCUT2D eigenvalue weighted by atomic mass is 10.1. The molecule has 0 saturated carbocycles. The molecule has 102 valence electrons. The number of nitrogen functional groups attached to an aromatic ring is 1. The minimum absolute atomic E-state index is 0.857. The molecule has 3 aromatic rings. The van der Waals surface area contributed by atoms with Crippen molar-refractivity contribution in [2.24, 2.45) is 0 Å². The van der Waals surface area contributed by atoms with Gasteiger partial charge in [-0.05, 0) is 36.2 Å². The monoisotopic (exact) mass is 284 g/mol. The van der Waals surface area contributed by atoms with Crippen molar-refractivity contribution in [1.82, 2.24) is 4.98 Å². The summed E-state index contributed by atoms with van der Waals surface area (Å²) in [5.41, 5.74) is 9.04. The number of rotatable bonds is 4. The fourth-order valence-electron chi connectivity index (χ4n) is 2.19. The lowest BCUT2D eigenvalue weighted by Gasteiger charge is -2.02. The van der Waals surface area contributed by atoms with E-state index in [1.807, 2.05) is 36.4 Å². The van der Waals surface area contributed by atoms with Crippen LogP contribution in [0.3, 0.4) is 0 Å². The topological polar surface area (TPSA) is 48.1 Å². The van der Waals surface area contributed by atoms with E-state index in [0.29, 0.717) is 0 Å². The first-order chi connectivity index (χ1) is 9.76. The lowest BCUT2D eigenvalue weighted by molar-refractivity contribution is 0.415. The average molecular weight is 284 g/mol. The van der Waals surface area contributed by atoms with Crippen molar-refractivity contribution >= 4 is 27.2 Å². The molecule has 1 aromatic heterocycles. The SMILES string of the molecule is COc1ccc2nc(CCc3ccccc3N)sc2c1. The van der Waals surface area contributed by atoms with Crippen LogP contribution in [-0.4, -0.2) is 12.1 Å². The molecule has 20 heavy (non-hydrogen) atoms. The molecular weight excluding hydrogens is 268 g/mol. The van der Waals surface area contributed by atoms with E-state index in [1.165, 1.54) is 10.3 Å². The number of benzene rings is 2. The van der Waals surface area contributed by atoms with Gasteiger partial charge in [-0.15, -0.1) is 11.3 Å². The van der Waals surface area contributed by atoms with Crippen LogP contribution in [0.2, 0.25) is 0 Å². The van der Waals surface area contributed by atoms with E-state index in [2.05, 4.69) is 11.1 Å². The summed E-state index contributed by atoms with van der Waals surface area (Å²) in [6.45, 7) is 0. The molecule has 0 aliphatic heterocycles. The van der Waals surface area contributed by atoms with Crippen LogP contribution >= 0.6 is 11.3 Å². The van der Waals surface area contributed by atoms with Crippen molar-refractivity contribution in [2.45, 2.75) is 12.8 Å². The smallest absolute Gasteiger partial charge is 0.120 e. The van der Waals surface area contributed by atoms with Gasteiger partial charge >= 0.3 is 0 Å². The molecule has 3 nitrogen and oxygen atoms in total. The zero-order valence-electron chi connectivity index (χ0n) is 11.3. The summed E-state index contributed by atoms with van der Waals surface area (Å²) < 4.78 is 6.41. The Balaban J connectivity index is 1.79. The molecule has 0 spiro atoms. The maximum atomic E-state index is 5.96. The number of ether oxygens (including phenoxy) is 1. The first kappa shape index (κ1) is 12.9. The van der Waals surface area contributed by atoms with Gasteiger partial charge < -0.3 is 10.5 Å². The minimum Gasteiger partial charge on any atom is -0.497 e. The van der Waals surface area contributed by atoms with Gasteiger partial charge in [-0.3, -0.25) is 0 Å². The Morgan fingerprint density at radius 1 is 1.15 bits per heavy atom. The molecule has 3 rings (SSSR count). The number of fused-ring (bicyclic) bond motifs is 1. The molecule has 0 saturated heterocycles. The summed E-state index contributed by atoms with van der Waals surface area (Å²) in [5.74, 6) is 0.875. The summed E-state index contributed by atoms with van der Waals surface area (Å²) in [4.78, 5) is 4.66. The number of methoxy groups -OCH3 is 1. The first-order valence-corrected chi connectivity index (χ1v) is 7.35. The third kappa shape index (κ3) is 2.60. The van der Waals surface area contributed by atoms with Crippen LogP contribution in [0.4, 0.5) is 5.69 Å². The highest BCUT2D eigenvalue weighted by Crippen LogP contribution is 2.27. The van der Waals surface area contributed by atoms with Crippen molar-refractivity contribution in [3.63, 3.8) is 0 Å². The van der Waals surface area contributed by atoms with Crippen molar-refractivity contribution in [1.29, 1.82) is 0 Å². The molecule has 0 fully saturated rings. The molecule has 0 amide bonds. The molecule has 0 radical (unpaired) electrons. The van der Waals surface area contributed by atoms with Crippen molar-refractivity contribution in [3.05, 3.63) is 53.0 Å². The summed E-state index contributed by atoms with van der Waals surface area (Å²) in [5, 5.41) is 1.14. The molecular formula is C16H16N2OS. The number of hydrogen-bond donors (Lipinski definition) is 1. The molecule has 0 aliphatic rings. The number of hydrogen-bond acceptors (Lipinski definition) is 4. The molecule has 0 aliphatic carbocycles. The van der Waals surface area contributed by atoms with Crippen LogP contribution in [0, 0.1) is 0 Å². The quantitative estimate of drug-likeness (QED) is 0.744. The van der Waals surface area contributed by atoms with Crippen LogP contribution in [0.25, 0.3) is 10.2 Å². The van der Waals surface area contributed by atoms with Gasteiger partial charge in [0.25, 0.3) is 0 Å². The van der Waals surface area contributed by atoms with Gasteiger partial charge in [0.05, 0.1) is 22.3 Å². The number of thiazole rings is 1. The Morgan fingerprint density at radius 3 is 2.80 bits per heavy atom. The van der Waals surface area contributed by atoms with E-state index in [9.17, 15) is 0 Å². The van der Waals surface area contributed by atoms with Crippen LogP contribution in [0.15, 0.2) is 42.5 Å². The van der Waals surface area contributed by atoms with Crippen LogP contribution in [0.5, 0.6) is 5.75 Å². The van der Waals surface area contributed by atoms with Gasteiger partial charge in [0.2, 0.25) is 0 Å². The lowest BCUT2D eigenvalue weighted by Crippen LogP contribution is -1.96. The number of nitrogens with zero attached hydrogens (tertiary/aromatic N) is 1. The molecule has 2 N–H and O–H groups in total. The van der Waals surface area contributed by atoms with Gasteiger partial charge in [-0.1, -0.05) is 18.2 Å². The van der Waals surface area contributed by atoms with Crippen LogP contribution in [0.1, 0.15) is 10.6 Å². The van der Waals surface area contributed by atoms with Crippen molar-refractivity contribution < 1.29 is 4.74 Å². The number of anilines is 1. The average Bonchev–Trinajstić information content (AvgIpc) is 2.88. The number of para-hydroxylation sites is 1. The first-order valence-electron chi connectivity index (χ1n) is 6.53. The van der Waals surface area contributed by atoms with E-state index in [0.717, 1.165) is 34.8 Å². The predicted molar refractivity (Wildman–Crippen MR) is 84.4 cm³/mol. The van der Waals surface area contributed by atoms with Gasteiger partial charge in [-0.2, -0.15) is 0 Å². The van der Waals surface area contributed by atoms with Crippen LogP contribution in [-0.2, 0) is 12.8 Å². The normalized spacial score (nSPS) is 10.8. The summed E-state index contributed by atoms with van der Waals surface area (Å²) >= 11 is 1.72. The summed E-state index contributed by atoms with van der Waals surface area (Å²) in [7, 11) is 1.68. The fourth-order valence-corrected chi connectivity index (χ4v) is 3.19. The largest absolute Gasteiger partial charge is 0.497 e. The number of nitrogens with two attached hydrogens (primary N) is 1. The van der Waals surface area contributed by atoms with E-state index >= 15 is 0 Å². The van der Waals surface area contributed by atoms with E-state index < -0.39 is 0 Å². The second kappa shape index (κ2) is 5.51. The maximum absolute atomic E-state index is 5.96. The summed E-state index contributed by atoms with van der Waals surface area (Å²) in [6.07, 6.45) is 1.83. The second-order valence-corrected chi connectivity index (χ2v) is 5.76. The Hall–Kier alpha value is -2.07. The predicted octanol–water partition coefficient (Wildman–Crippen LogP) is 3.67. The highest BCUT2D eigenvalue weighted by atomic mass is 32.1. The highest BCUT2D eigenvalue weighted by Gasteiger charge is 2.06. The Morgan fingerprint density at radius 2 is 2.00 bits per heavy atom. The molecule has 1 heterocycles. The molecule has 0 bridgehead atoms. The van der Waals surface area contributed by atoms with Crippen LogP contribution < -0.4 is 10.5 Å². The Bertz CT molecular complexity index is 736. The van der Waals surface area contributed by atoms with Crippen molar-refractivity contribution in [2.75, 3.05) is 12.8 Å². The number of aromatic nitrogens is 1. The zero-order valence-corrected chi connectivity index (χ0v) is 12.1. The second-order valence-electron chi connectivity index (χ2n) is 4.64. The third-order valence-electron chi connectivity index (χ3n) is 3.30. The van der Waals surface area contributed by atoms with Gasteiger partial charge in [0.1, 0.15) is 5.75 Å². The molecule has 0 unspecified atom stereocenters. The minimum atomic E-state index is 0.857. The maximum Gasteiger partial charge on any atom is 0.120 e. The molecule has 2 aromatic carbocycles. The number of aryl methyl sites for hydroxylation is 2. The Labute approximate surface area is 122 Å². The van der Waals surface area contributed by atoms with Gasteiger partial charge in [0, 0.05) is 12.1 Å². The molecule has 4 heteroatoms. The molecule has 0 atom stereocenters. The van der Waals surface area contributed by atoms with Crippen molar-refractivity contribution in [3.8, 4) is 5.75 Å². The fraction of sp³-hybridized carbons (Fsp3) is 0.188. The highest BCUT2D eigenvalue weighted by molar-refractivity contribution is 7.18. The van der Waals surface area contributed by atoms with Gasteiger partial charge in [-0.25, -0.2) is 4.98 Å².